The van der Waals surface area contributed by atoms with Crippen molar-refractivity contribution < 1.29 is 4.74 Å². The highest BCUT2D eigenvalue weighted by atomic mass is 16.5. The summed E-state index contributed by atoms with van der Waals surface area (Å²) < 4.78 is 7.57. The second-order valence-electron chi connectivity index (χ2n) is 4.02. The van der Waals surface area contributed by atoms with Crippen LogP contribution < -0.4 is 16.0 Å². The topological polar surface area (TPSA) is 90.9 Å². The molecule has 3 N–H and O–H groups in total. The molecular formula is C11H16N6O. The van der Waals surface area contributed by atoms with Gasteiger partial charge in [0.25, 0.3) is 0 Å². The molecule has 7 heteroatoms. The maximum Gasteiger partial charge on any atom is 0.227 e. The Balaban J connectivity index is 2.40. The molecule has 0 spiro atoms. The molecule has 0 fully saturated rings. The monoisotopic (exact) mass is 248 g/mol. The van der Waals surface area contributed by atoms with Gasteiger partial charge in [0.1, 0.15) is 17.8 Å². The molecule has 0 aliphatic rings. The second-order valence-corrected chi connectivity index (χ2v) is 4.02. The van der Waals surface area contributed by atoms with Crippen LogP contribution in [0.3, 0.4) is 0 Å². The van der Waals surface area contributed by atoms with Crippen LogP contribution in [0.1, 0.15) is 17.0 Å². The first kappa shape index (κ1) is 12.3. The summed E-state index contributed by atoms with van der Waals surface area (Å²) in [6, 6.07) is 0. The van der Waals surface area contributed by atoms with Gasteiger partial charge in [0, 0.05) is 7.05 Å². The number of rotatable bonds is 3. The number of hydrogen-bond donors (Lipinski definition) is 2. The zero-order valence-corrected chi connectivity index (χ0v) is 10.9. The van der Waals surface area contributed by atoms with Gasteiger partial charge in [-0.15, -0.1) is 0 Å². The Morgan fingerprint density at radius 3 is 2.56 bits per heavy atom. The number of anilines is 1. The lowest BCUT2D eigenvalue weighted by Crippen LogP contribution is -2.11. The third-order valence-corrected chi connectivity index (χ3v) is 2.82. The van der Waals surface area contributed by atoms with Crippen molar-refractivity contribution in [3.63, 3.8) is 0 Å². The van der Waals surface area contributed by atoms with Crippen LogP contribution in [0.15, 0.2) is 6.33 Å². The maximum atomic E-state index is 5.80. The van der Waals surface area contributed by atoms with Crippen LogP contribution in [0.2, 0.25) is 0 Å². The predicted octanol–water partition coefficient (Wildman–Crippen LogP) is 1.21. The molecule has 0 aliphatic heterocycles. The van der Waals surface area contributed by atoms with E-state index in [4.69, 9.17) is 10.6 Å². The highest BCUT2D eigenvalue weighted by Gasteiger charge is 2.15. The fourth-order valence-corrected chi connectivity index (χ4v) is 1.68. The van der Waals surface area contributed by atoms with Crippen LogP contribution in [0.4, 0.5) is 5.82 Å². The highest BCUT2D eigenvalue weighted by Crippen LogP contribution is 2.29. The molecule has 0 aromatic carbocycles. The van der Waals surface area contributed by atoms with Crippen molar-refractivity contribution in [2.45, 2.75) is 20.8 Å². The fourth-order valence-electron chi connectivity index (χ4n) is 1.68. The van der Waals surface area contributed by atoms with E-state index < -0.39 is 0 Å². The predicted molar refractivity (Wildman–Crippen MR) is 67.3 cm³/mol. The van der Waals surface area contributed by atoms with E-state index in [0.717, 1.165) is 17.0 Å². The summed E-state index contributed by atoms with van der Waals surface area (Å²) in [6.45, 7) is 5.67. The van der Waals surface area contributed by atoms with Crippen LogP contribution in [-0.2, 0) is 7.05 Å². The third-order valence-electron chi connectivity index (χ3n) is 2.82. The van der Waals surface area contributed by atoms with Crippen molar-refractivity contribution >= 4 is 5.82 Å². The van der Waals surface area contributed by atoms with Gasteiger partial charge in [-0.1, -0.05) is 0 Å². The third kappa shape index (κ3) is 2.00. The summed E-state index contributed by atoms with van der Waals surface area (Å²) in [5.41, 5.74) is 5.01. The SMILES string of the molecule is Cc1nn(C)c(C)c1Oc1ncnc(NN)c1C. The first-order valence-corrected chi connectivity index (χ1v) is 5.50. The maximum absolute atomic E-state index is 5.80. The number of hydrazine groups is 1. The van der Waals surface area contributed by atoms with Crippen LogP contribution in [0.25, 0.3) is 0 Å². The van der Waals surface area contributed by atoms with E-state index in [-0.39, 0.29) is 0 Å². The van der Waals surface area contributed by atoms with Gasteiger partial charge in [-0.25, -0.2) is 15.8 Å². The Kier molecular flexibility index (Phi) is 3.15. The number of nitrogens with one attached hydrogen (secondary N) is 1. The summed E-state index contributed by atoms with van der Waals surface area (Å²) in [5, 5.41) is 4.29. The van der Waals surface area contributed by atoms with E-state index in [9.17, 15) is 0 Å². The number of nitrogen functional groups attached to an aromatic ring is 1. The zero-order chi connectivity index (χ0) is 13.3. The second kappa shape index (κ2) is 4.61. The molecule has 0 amide bonds. The smallest absolute Gasteiger partial charge is 0.227 e. The molecular weight excluding hydrogens is 232 g/mol. The van der Waals surface area contributed by atoms with Crippen LogP contribution >= 0.6 is 0 Å². The first-order chi connectivity index (χ1) is 8.54. The minimum absolute atomic E-state index is 0.470. The lowest BCUT2D eigenvalue weighted by atomic mass is 10.3. The Labute approximate surface area is 105 Å². The fraction of sp³-hybridized carbons (Fsp3) is 0.364. The minimum atomic E-state index is 0.470. The first-order valence-electron chi connectivity index (χ1n) is 5.50. The van der Waals surface area contributed by atoms with Gasteiger partial charge in [-0.2, -0.15) is 5.10 Å². The Morgan fingerprint density at radius 2 is 2.00 bits per heavy atom. The van der Waals surface area contributed by atoms with Crippen molar-refractivity contribution in [3.05, 3.63) is 23.3 Å². The van der Waals surface area contributed by atoms with E-state index in [2.05, 4.69) is 20.5 Å². The summed E-state index contributed by atoms with van der Waals surface area (Å²) >= 11 is 0. The lowest BCUT2D eigenvalue weighted by molar-refractivity contribution is 0.450. The van der Waals surface area contributed by atoms with E-state index in [0.29, 0.717) is 17.4 Å². The van der Waals surface area contributed by atoms with Crippen molar-refractivity contribution in [2.24, 2.45) is 12.9 Å². The summed E-state index contributed by atoms with van der Waals surface area (Å²) in [7, 11) is 1.87. The Bertz CT molecular complexity index is 577. The van der Waals surface area contributed by atoms with E-state index >= 15 is 0 Å². The molecule has 18 heavy (non-hydrogen) atoms. The molecule has 0 atom stereocenters. The molecule has 2 heterocycles. The average Bonchev–Trinajstić information content (AvgIpc) is 2.58. The molecule has 0 saturated heterocycles. The largest absolute Gasteiger partial charge is 0.435 e. The van der Waals surface area contributed by atoms with Gasteiger partial charge < -0.3 is 10.2 Å². The lowest BCUT2D eigenvalue weighted by Gasteiger charge is -2.09. The summed E-state index contributed by atoms with van der Waals surface area (Å²) in [6.07, 6.45) is 1.40. The van der Waals surface area contributed by atoms with Gasteiger partial charge in [0.05, 0.1) is 11.3 Å². The minimum Gasteiger partial charge on any atom is -0.435 e. The normalized spacial score (nSPS) is 10.5. The molecule has 0 saturated carbocycles. The average molecular weight is 248 g/mol. The van der Waals surface area contributed by atoms with Crippen molar-refractivity contribution in [1.29, 1.82) is 0 Å². The summed E-state index contributed by atoms with van der Waals surface area (Å²) in [4.78, 5) is 8.11. The number of aryl methyl sites for hydroxylation is 2. The molecule has 0 radical (unpaired) electrons. The van der Waals surface area contributed by atoms with Crippen LogP contribution in [0, 0.1) is 20.8 Å². The van der Waals surface area contributed by atoms with Gasteiger partial charge in [0.2, 0.25) is 5.88 Å². The number of nitrogens with zero attached hydrogens (tertiary/aromatic N) is 4. The molecule has 0 unspecified atom stereocenters. The molecule has 2 rings (SSSR count). The van der Waals surface area contributed by atoms with E-state index in [1.165, 1.54) is 6.33 Å². The van der Waals surface area contributed by atoms with E-state index in [1.807, 2.05) is 27.8 Å². The molecule has 0 aliphatic carbocycles. The molecule has 96 valence electrons. The molecule has 0 bridgehead atoms. The summed E-state index contributed by atoms with van der Waals surface area (Å²) in [5.74, 6) is 7.09. The van der Waals surface area contributed by atoms with Crippen molar-refractivity contribution in [1.82, 2.24) is 19.7 Å². The van der Waals surface area contributed by atoms with Crippen molar-refractivity contribution in [2.75, 3.05) is 5.43 Å². The van der Waals surface area contributed by atoms with Gasteiger partial charge in [-0.05, 0) is 20.8 Å². The quantitative estimate of drug-likeness (QED) is 0.626. The van der Waals surface area contributed by atoms with Gasteiger partial charge in [-0.3, -0.25) is 4.68 Å². The Hall–Kier alpha value is -2.15. The van der Waals surface area contributed by atoms with Crippen molar-refractivity contribution in [3.8, 4) is 11.6 Å². The van der Waals surface area contributed by atoms with Gasteiger partial charge in [0.15, 0.2) is 5.75 Å². The van der Waals surface area contributed by atoms with Crippen LogP contribution in [-0.4, -0.2) is 19.7 Å². The molecule has 2 aromatic heterocycles. The number of hydrogen-bond acceptors (Lipinski definition) is 6. The van der Waals surface area contributed by atoms with Crippen LogP contribution in [0.5, 0.6) is 11.6 Å². The van der Waals surface area contributed by atoms with E-state index in [1.54, 1.807) is 4.68 Å². The highest BCUT2D eigenvalue weighted by molar-refractivity contribution is 5.48. The number of ether oxygens (including phenoxy) is 1. The number of aromatic nitrogens is 4. The number of nitrogens with two attached hydrogens (primary N) is 1. The zero-order valence-electron chi connectivity index (χ0n) is 10.9. The molecule has 7 nitrogen and oxygen atoms in total. The molecule has 2 aromatic rings. The standard InChI is InChI=1S/C11H16N6O/c1-6-10(15-12)13-5-14-11(6)18-9-7(2)16-17(4)8(9)3/h5H,12H2,1-4H3,(H,13,14,15). The van der Waals surface area contributed by atoms with Gasteiger partial charge >= 0.3 is 0 Å². The Morgan fingerprint density at radius 1 is 1.28 bits per heavy atom.